The number of nitrogens with zero attached hydrogens (tertiary/aromatic N) is 3. The molecule has 0 heterocycles. The Labute approximate surface area is 111 Å². The van der Waals surface area contributed by atoms with Crippen LogP contribution in [0.4, 0.5) is 13.2 Å². The topological polar surface area (TPSA) is 98.1 Å². The van der Waals surface area contributed by atoms with E-state index in [1.54, 1.807) is 0 Å². The molecule has 0 aliphatic heterocycles. The smallest absolute Gasteiger partial charge is 0.416 e. The largest absolute Gasteiger partial charge is 0.480 e. The molecule has 0 aliphatic carbocycles. The molecule has 1 unspecified atom stereocenters. The molecule has 6 nitrogen and oxygen atoms in total. The fourth-order valence-corrected chi connectivity index (χ4v) is 1.64. The van der Waals surface area contributed by atoms with E-state index in [9.17, 15) is 18.0 Å². The molecule has 9 heteroatoms. The number of hydrogen-bond acceptors (Lipinski definition) is 3. The molecule has 2 N–H and O–H groups in total. The minimum absolute atomic E-state index is 0.0484. The molecule has 1 atom stereocenters. The number of benzene rings is 1. The van der Waals surface area contributed by atoms with Crippen molar-refractivity contribution in [3.8, 4) is 0 Å². The first-order valence-electron chi connectivity index (χ1n) is 5.51. The van der Waals surface area contributed by atoms with Gasteiger partial charge in [0.1, 0.15) is 6.04 Å². The van der Waals surface area contributed by atoms with Crippen molar-refractivity contribution in [2.45, 2.75) is 12.2 Å². The van der Waals surface area contributed by atoms with Crippen LogP contribution in [-0.4, -0.2) is 24.2 Å². The maximum atomic E-state index is 12.8. The third-order valence-electron chi connectivity index (χ3n) is 2.45. The first kappa shape index (κ1) is 15.8. The molecule has 0 saturated heterocycles. The second-order valence-corrected chi connectivity index (χ2v) is 3.76. The van der Waals surface area contributed by atoms with Crippen molar-refractivity contribution in [3.05, 3.63) is 45.8 Å². The average molecular weight is 288 g/mol. The normalized spacial score (nSPS) is 12.6. The lowest BCUT2D eigenvalue weighted by molar-refractivity contribution is -0.142. The number of halogens is 3. The summed E-state index contributed by atoms with van der Waals surface area (Å²) in [5, 5.41) is 14.6. The summed E-state index contributed by atoms with van der Waals surface area (Å²) in [7, 11) is 0. The molecule has 1 rings (SSSR count). The van der Waals surface area contributed by atoms with Gasteiger partial charge in [-0.2, -0.15) is 13.2 Å². The van der Waals surface area contributed by atoms with Crippen molar-refractivity contribution in [1.82, 2.24) is 5.32 Å². The predicted molar refractivity (Wildman–Crippen MR) is 63.8 cm³/mol. The summed E-state index contributed by atoms with van der Waals surface area (Å²) >= 11 is 0. The molecule has 0 fully saturated rings. The maximum Gasteiger partial charge on any atom is 0.416 e. The Morgan fingerprint density at radius 3 is 2.65 bits per heavy atom. The van der Waals surface area contributed by atoms with E-state index in [0.717, 1.165) is 12.1 Å². The molecule has 108 valence electrons. The highest BCUT2D eigenvalue weighted by Crippen LogP contribution is 2.34. The summed E-state index contributed by atoms with van der Waals surface area (Å²) < 4.78 is 38.5. The van der Waals surface area contributed by atoms with Crippen LogP contribution in [-0.2, 0) is 11.0 Å². The lowest BCUT2D eigenvalue weighted by atomic mass is 10.00. The van der Waals surface area contributed by atoms with Crippen LogP contribution in [0.2, 0.25) is 0 Å². The summed E-state index contributed by atoms with van der Waals surface area (Å²) in [4.78, 5) is 13.6. The number of carboxylic acid groups (broad SMARTS) is 1. The van der Waals surface area contributed by atoms with Crippen molar-refractivity contribution in [2.24, 2.45) is 5.11 Å². The van der Waals surface area contributed by atoms with Crippen molar-refractivity contribution in [2.75, 3.05) is 13.1 Å². The first-order valence-corrected chi connectivity index (χ1v) is 5.51. The van der Waals surface area contributed by atoms with Gasteiger partial charge in [0.05, 0.1) is 5.56 Å². The van der Waals surface area contributed by atoms with Gasteiger partial charge >= 0.3 is 12.1 Å². The van der Waals surface area contributed by atoms with E-state index in [-0.39, 0.29) is 18.7 Å². The van der Waals surface area contributed by atoms with Gasteiger partial charge in [-0.15, -0.1) is 0 Å². The lowest BCUT2D eigenvalue weighted by Gasteiger charge is -2.19. The summed E-state index contributed by atoms with van der Waals surface area (Å²) in [6.07, 6.45) is -4.64. The van der Waals surface area contributed by atoms with Gasteiger partial charge in [0.25, 0.3) is 0 Å². The number of rotatable bonds is 6. The number of hydrogen-bond donors (Lipinski definition) is 2. The Morgan fingerprint density at radius 2 is 2.10 bits per heavy atom. The molecule has 0 radical (unpaired) electrons. The average Bonchev–Trinajstić information content (AvgIpc) is 2.37. The highest BCUT2D eigenvalue weighted by molar-refractivity contribution is 5.76. The van der Waals surface area contributed by atoms with Crippen molar-refractivity contribution >= 4 is 5.97 Å². The Morgan fingerprint density at radius 1 is 1.45 bits per heavy atom. The number of nitrogens with one attached hydrogen (secondary N) is 1. The van der Waals surface area contributed by atoms with Crippen LogP contribution >= 0.6 is 0 Å². The number of alkyl halides is 3. The van der Waals surface area contributed by atoms with Crippen LogP contribution < -0.4 is 5.32 Å². The summed E-state index contributed by atoms with van der Waals surface area (Å²) in [6.45, 7) is -0.109. The Bertz CT molecular complexity index is 527. The number of azide groups is 1. The fraction of sp³-hybridized carbons (Fsp3) is 0.364. The zero-order chi connectivity index (χ0) is 15.2. The number of carbonyl (C=O) groups is 1. The quantitative estimate of drug-likeness (QED) is 0.364. The maximum absolute atomic E-state index is 12.8. The van der Waals surface area contributed by atoms with E-state index in [1.165, 1.54) is 12.1 Å². The minimum atomic E-state index is -4.64. The van der Waals surface area contributed by atoms with Crippen LogP contribution in [0.1, 0.15) is 17.2 Å². The Kier molecular flexibility index (Phi) is 5.36. The molecular formula is C11H11F3N4O2. The molecule has 0 bridgehead atoms. The minimum Gasteiger partial charge on any atom is -0.480 e. The van der Waals surface area contributed by atoms with Gasteiger partial charge in [-0.1, -0.05) is 23.3 Å². The van der Waals surface area contributed by atoms with Crippen LogP contribution in [0, 0.1) is 0 Å². The van der Waals surface area contributed by atoms with Gasteiger partial charge in [0.2, 0.25) is 0 Å². The van der Waals surface area contributed by atoms with Crippen LogP contribution in [0.5, 0.6) is 0 Å². The number of carboxylic acids is 1. The Hall–Kier alpha value is -2.25. The van der Waals surface area contributed by atoms with Crippen molar-refractivity contribution in [3.63, 3.8) is 0 Å². The third-order valence-corrected chi connectivity index (χ3v) is 2.45. The molecule has 20 heavy (non-hydrogen) atoms. The summed E-state index contributed by atoms with van der Waals surface area (Å²) in [5.74, 6) is -1.44. The van der Waals surface area contributed by atoms with Crippen molar-refractivity contribution < 1.29 is 23.1 Å². The molecule has 0 aliphatic rings. The highest BCUT2D eigenvalue weighted by Gasteiger charge is 2.36. The lowest BCUT2D eigenvalue weighted by Crippen LogP contribution is -2.32. The van der Waals surface area contributed by atoms with Crippen LogP contribution in [0.3, 0.4) is 0 Å². The highest BCUT2D eigenvalue weighted by atomic mass is 19.4. The zero-order valence-electron chi connectivity index (χ0n) is 10.1. The van der Waals surface area contributed by atoms with E-state index < -0.39 is 23.8 Å². The van der Waals surface area contributed by atoms with Crippen LogP contribution in [0.25, 0.3) is 10.4 Å². The second kappa shape index (κ2) is 6.78. The standard InChI is InChI=1S/C11H11F3N4O2/c12-11(13,14)8-4-2-1-3-7(8)9(10(19)20)16-5-6-17-18-15/h1-4,9,16H,5-6H2,(H,19,20). The predicted octanol–water partition coefficient (Wildman–Crippen LogP) is 2.73. The van der Waals surface area contributed by atoms with Crippen molar-refractivity contribution in [1.29, 1.82) is 0 Å². The Balaban J connectivity index is 3.03. The van der Waals surface area contributed by atoms with E-state index >= 15 is 0 Å². The van der Waals surface area contributed by atoms with Gasteiger partial charge in [0.15, 0.2) is 0 Å². The molecular weight excluding hydrogens is 277 g/mol. The van der Waals surface area contributed by atoms with Gasteiger partial charge in [-0.3, -0.25) is 4.79 Å². The number of aliphatic carboxylic acids is 1. The molecule has 0 amide bonds. The summed E-state index contributed by atoms with van der Waals surface area (Å²) in [6, 6.07) is 2.91. The van der Waals surface area contributed by atoms with Gasteiger partial charge in [-0.25, -0.2) is 0 Å². The molecule has 1 aromatic carbocycles. The SMILES string of the molecule is [N-]=[N+]=NCCNC(C(=O)O)c1ccccc1C(F)(F)F. The third kappa shape index (κ3) is 4.15. The fourth-order valence-electron chi connectivity index (χ4n) is 1.64. The second-order valence-electron chi connectivity index (χ2n) is 3.76. The van der Waals surface area contributed by atoms with Gasteiger partial charge < -0.3 is 10.4 Å². The summed E-state index contributed by atoms with van der Waals surface area (Å²) in [5.41, 5.74) is 6.68. The molecule has 0 aromatic heterocycles. The monoisotopic (exact) mass is 288 g/mol. The molecule has 0 saturated carbocycles. The molecule has 1 aromatic rings. The van der Waals surface area contributed by atoms with E-state index in [4.69, 9.17) is 10.6 Å². The van der Waals surface area contributed by atoms with Crippen LogP contribution in [0.15, 0.2) is 29.4 Å². The van der Waals surface area contributed by atoms with E-state index in [1.807, 2.05) is 0 Å². The zero-order valence-corrected chi connectivity index (χ0v) is 10.1. The van der Waals surface area contributed by atoms with E-state index in [2.05, 4.69) is 15.3 Å². The van der Waals surface area contributed by atoms with Gasteiger partial charge in [-0.05, 0) is 17.2 Å². The molecule has 0 spiro atoms. The first-order chi connectivity index (χ1) is 9.38. The van der Waals surface area contributed by atoms with E-state index in [0.29, 0.717) is 0 Å². The van der Waals surface area contributed by atoms with Gasteiger partial charge in [0, 0.05) is 18.0 Å².